The molecular weight excluding hydrogens is 404 g/mol. The van der Waals surface area contributed by atoms with Crippen LogP contribution in [-0.2, 0) is 14.9 Å². The lowest BCUT2D eigenvalue weighted by molar-refractivity contribution is 0.0995. The van der Waals surface area contributed by atoms with Gasteiger partial charge in [-0.15, -0.1) is 0 Å². The molecule has 29 heavy (non-hydrogen) atoms. The Morgan fingerprint density at radius 1 is 1.24 bits per heavy atom. The molecular formula is C16H18N6O6S. The summed E-state index contributed by atoms with van der Waals surface area (Å²) in [5.41, 5.74) is 0.670. The molecule has 2 amide bonds. The number of anilines is 1. The average Bonchev–Trinajstić information content (AvgIpc) is 3.13. The molecule has 0 spiro atoms. The monoisotopic (exact) mass is 422 g/mol. The van der Waals surface area contributed by atoms with Gasteiger partial charge in [-0.3, -0.25) is 5.32 Å². The van der Waals surface area contributed by atoms with Crippen molar-refractivity contribution in [3.63, 3.8) is 0 Å². The Bertz CT molecular complexity index is 1040. The second kappa shape index (κ2) is 8.26. The number of rotatable bonds is 6. The van der Waals surface area contributed by atoms with Gasteiger partial charge >= 0.3 is 6.03 Å². The minimum Gasteiger partial charge on any atom is -0.481 e. The summed E-state index contributed by atoms with van der Waals surface area (Å²) in [6.45, 7) is 1.80. The number of ether oxygens (including phenoxy) is 2. The molecule has 2 aromatic rings. The molecule has 0 bridgehead atoms. The number of nitrogens with one attached hydrogen (secondary N) is 2. The van der Waals surface area contributed by atoms with Crippen LogP contribution in [0.15, 0.2) is 34.6 Å². The molecule has 1 unspecified atom stereocenters. The summed E-state index contributed by atoms with van der Waals surface area (Å²) in [5, 5.41) is 5.75. The molecule has 0 fully saturated rings. The number of nitrogens with zero attached hydrogens (tertiary/aromatic N) is 4. The van der Waals surface area contributed by atoms with Crippen molar-refractivity contribution >= 4 is 27.7 Å². The van der Waals surface area contributed by atoms with Gasteiger partial charge in [0.25, 0.3) is 10.0 Å². The van der Waals surface area contributed by atoms with E-state index in [-0.39, 0.29) is 34.4 Å². The van der Waals surface area contributed by atoms with Gasteiger partial charge < -0.3 is 14.3 Å². The third-order valence-electron chi connectivity index (χ3n) is 3.71. The molecule has 13 heteroatoms. The maximum absolute atomic E-state index is 12.7. The molecule has 0 saturated heterocycles. The molecule has 0 aromatic carbocycles. The van der Waals surface area contributed by atoms with Crippen LogP contribution in [0.3, 0.4) is 0 Å². The van der Waals surface area contributed by atoms with Crippen molar-refractivity contribution in [3.8, 4) is 11.8 Å². The Morgan fingerprint density at radius 2 is 1.93 bits per heavy atom. The zero-order valence-electron chi connectivity index (χ0n) is 15.7. The molecule has 2 N–H and O–H groups in total. The van der Waals surface area contributed by atoms with Gasteiger partial charge in [0.05, 0.1) is 26.0 Å². The van der Waals surface area contributed by atoms with Crippen molar-refractivity contribution in [2.75, 3.05) is 19.5 Å². The third kappa shape index (κ3) is 4.68. The van der Waals surface area contributed by atoms with Crippen LogP contribution in [0, 0.1) is 0 Å². The van der Waals surface area contributed by atoms with E-state index in [1.54, 1.807) is 13.0 Å². The maximum atomic E-state index is 12.7. The summed E-state index contributed by atoms with van der Waals surface area (Å²) < 4.78 is 37.3. The number of hydrogen-bond donors (Lipinski definition) is 2. The van der Waals surface area contributed by atoms with E-state index >= 15 is 0 Å². The Kier molecular flexibility index (Phi) is 5.77. The van der Waals surface area contributed by atoms with Crippen LogP contribution < -0.4 is 19.5 Å². The number of sulfonamides is 1. The summed E-state index contributed by atoms with van der Waals surface area (Å²) in [7, 11) is -1.58. The zero-order chi connectivity index (χ0) is 21.0. The van der Waals surface area contributed by atoms with Crippen molar-refractivity contribution in [3.05, 3.63) is 30.0 Å². The van der Waals surface area contributed by atoms with E-state index in [9.17, 15) is 13.2 Å². The Balaban J connectivity index is 1.81. The van der Waals surface area contributed by atoms with Gasteiger partial charge in [-0.1, -0.05) is 5.16 Å². The summed E-state index contributed by atoms with van der Waals surface area (Å²) in [4.78, 5) is 29.1. The highest BCUT2D eigenvalue weighted by Crippen LogP contribution is 2.21. The molecule has 154 valence electrons. The van der Waals surface area contributed by atoms with Crippen LogP contribution in [0.1, 0.15) is 18.9 Å². The van der Waals surface area contributed by atoms with Crippen molar-refractivity contribution in [1.29, 1.82) is 0 Å². The van der Waals surface area contributed by atoms with Crippen LogP contribution in [-0.4, -0.2) is 55.4 Å². The summed E-state index contributed by atoms with van der Waals surface area (Å²) in [6.07, 6.45) is 1.53. The van der Waals surface area contributed by atoms with Crippen molar-refractivity contribution < 1.29 is 27.5 Å². The highest BCUT2D eigenvalue weighted by atomic mass is 32.2. The first-order valence-electron chi connectivity index (χ1n) is 8.31. The molecule has 0 saturated carbocycles. The number of oxime groups is 1. The smallest absolute Gasteiger partial charge is 0.335 e. The van der Waals surface area contributed by atoms with Gasteiger partial charge in [0.1, 0.15) is 6.10 Å². The molecule has 0 radical (unpaired) electrons. The maximum Gasteiger partial charge on any atom is 0.335 e. The summed E-state index contributed by atoms with van der Waals surface area (Å²) in [5.74, 6) is 0.0308. The number of pyridine rings is 1. The van der Waals surface area contributed by atoms with Crippen LogP contribution in [0.2, 0.25) is 0 Å². The van der Waals surface area contributed by atoms with Crippen molar-refractivity contribution in [2.45, 2.75) is 24.5 Å². The average molecular weight is 422 g/mol. The van der Waals surface area contributed by atoms with Crippen LogP contribution in [0.25, 0.3) is 0 Å². The van der Waals surface area contributed by atoms with E-state index in [1.807, 2.05) is 4.72 Å². The van der Waals surface area contributed by atoms with Gasteiger partial charge in [0, 0.05) is 18.2 Å². The van der Waals surface area contributed by atoms with Gasteiger partial charge in [-0.25, -0.2) is 14.5 Å². The molecule has 1 aliphatic rings. The molecule has 2 aromatic heterocycles. The number of amides is 2. The highest BCUT2D eigenvalue weighted by Gasteiger charge is 2.28. The van der Waals surface area contributed by atoms with Crippen LogP contribution >= 0.6 is 0 Å². The quantitative estimate of drug-likeness (QED) is 0.691. The van der Waals surface area contributed by atoms with Crippen LogP contribution in [0.4, 0.5) is 10.7 Å². The number of hydrogen-bond acceptors (Lipinski definition) is 10. The predicted molar refractivity (Wildman–Crippen MR) is 100 cm³/mol. The molecule has 1 atom stereocenters. The topological polar surface area (TPSA) is 154 Å². The SMILES string of the molecule is COc1cc(OC)nc(NC(=O)NS(=O)(=O)c2ncccc2C2=NOC(C)C2)n1. The van der Waals surface area contributed by atoms with Crippen molar-refractivity contribution in [1.82, 2.24) is 19.7 Å². The lowest BCUT2D eigenvalue weighted by atomic mass is 10.1. The fourth-order valence-corrected chi connectivity index (χ4v) is 3.52. The second-order valence-corrected chi connectivity index (χ2v) is 7.45. The first-order valence-corrected chi connectivity index (χ1v) is 9.79. The van der Waals surface area contributed by atoms with Gasteiger partial charge in [0.15, 0.2) is 5.03 Å². The lowest BCUT2D eigenvalue weighted by Gasteiger charge is -2.11. The van der Waals surface area contributed by atoms with Crippen molar-refractivity contribution in [2.24, 2.45) is 5.16 Å². The number of carbonyl (C=O) groups is 1. The Hall–Kier alpha value is -3.48. The Morgan fingerprint density at radius 3 is 2.52 bits per heavy atom. The standard InChI is InChI=1S/C16H18N6O6S/c1-9-7-11(21-28-9)10-5-4-6-17-14(10)29(24,25)22-16(23)20-15-18-12(26-2)8-13(19-15)27-3/h4-6,8-9H,7H2,1-3H3,(H2,18,19,20,22,23). The number of aromatic nitrogens is 3. The first kappa shape index (κ1) is 20.3. The second-order valence-electron chi connectivity index (χ2n) is 5.85. The highest BCUT2D eigenvalue weighted by molar-refractivity contribution is 7.90. The van der Waals surface area contributed by atoms with Gasteiger partial charge in [0.2, 0.25) is 17.7 Å². The minimum absolute atomic E-state index is 0.121. The van der Waals surface area contributed by atoms with Gasteiger partial charge in [-0.2, -0.15) is 18.4 Å². The summed E-state index contributed by atoms with van der Waals surface area (Å²) in [6, 6.07) is 3.41. The van der Waals surface area contributed by atoms with Crippen LogP contribution in [0.5, 0.6) is 11.8 Å². The number of urea groups is 1. The fourth-order valence-electron chi connectivity index (χ4n) is 2.45. The fraction of sp³-hybridized carbons (Fsp3) is 0.312. The zero-order valence-corrected chi connectivity index (χ0v) is 16.6. The Labute approximate surface area is 166 Å². The molecule has 3 rings (SSSR count). The normalized spacial score (nSPS) is 15.8. The molecule has 1 aliphatic heterocycles. The number of carbonyl (C=O) groups excluding carboxylic acids is 1. The van der Waals surface area contributed by atoms with E-state index in [4.69, 9.17) is 14.3 Å². The molecule has 12 nitrogen and oxygen atoms in total. The molecule has 0 aliphatic carbocycles. The number of methoxy groups -OCH3 is 2. The predicted octanol–water partition coefficient (Wildman–Crippen LogP) is 0.912. The lowest BCUT2D eigenvalue weighted by Crippen LogP contribution is -2.36. The first-order chi connectivity index (χ1) is 13.8. The largest absolute Gasteiger partial charge is 0.481 e. The van der Waals surface area contributed by atoms with E-state index < -0.39 is 16.1 Å². The van der Waals surface area contributed by atoms with E-state index in [1.165, 1.54) is 32.5 Å². The van der Waals surface area contributed by atoms with Gasteiger partial charge in [-0.05, 0) is 19.1 Å². The van der Waals surface area contributed by atoms with E-state index in [0.717, 1.165) is 0 Å². The van der Waals surface area contributed by atoms with E-state index in [0.29, 0.717) is 12.1 Å². The third-order valence-corrected chi connectivity index (χ3v) is 5.00. The minimum atomic E-state index is -4.32. The molecule has 3 heterocycles. The van der Waals surface area contributed by atoms with E-state index in [2.05, 4.69) is 25.4 Å². The summed E-state index contributed by atoms with van der Waals surface area (Å²) >= 11 is 0.